The fraction of sp³-hybridized carbons (Fsp3) is 0.316. The van der Waals surface area contributed by atoms with Gasteiger partial charge in [0.15, 0.2) is 0 Å². The lowest BCUT2D eigenvalue weighted by atomic mass is 9.97. The van der Waals surface area contributed by atoms with E-state index in [2.05, 4.69) is 28.9 Å². The Morgan fingerprint density at radius 1 is 1.36 bits per heavy atom. The standard InChI is InChI=1S/C19H21N3O3/c1-3-19(23)22(12-15-8-9-18(24-2)21-20-15)13-17-16-7-5-4-6-14(16)10-11-25-17/h3-9,17H,1,10-13H2,2H3. The van der Waals surface area contributed by atoms with Gasteiger partial charge in [0, 0.05) is 6.07 Å². The minimum atomic E-state index is -0.163. The van der Waals surface area contributed by atoms with Crippen molar-refractivity contribution < 1.29 is 14.3 Å². The van der Waals surface area contributed by atoms with Crippen LogP contribution in [0.15, 0.2) is 49.1 Å². The van der Waals surface area contributed by atoms with E-state index in [4.69, 9.17) is 9.47 Å². The van der Waals surface area contributed by atoms with E-state index in [9.17, 15) is 4.79 Å². The molecule has 1 amide bonds. The maximum absolute atomic E-state index is 12.3. The normalized spacial score (nSPS) is 16.0. The summed E-state index contributed by atoms with van der Waals surface area (Å²) in [6, 6.07) is 11.7. The van der Waals surface area contributed by atoms with Gasteiger partial charge in [0.05, 0.1) is 32.5 Å². The highest BCUT2D eigenvalue weighted by molar-refractivity contribution is 5.87. The van der Waals surface area contributed by atoms with Crippen LogP contribution >= 0.6 is 0 Å². The molecule has 0 saturated carbocycles. The molecule has 1 atom stereocenters. The van der Waals surface area contributed by atoms with Crippen LogP contribution in [0.4, 0.5) is 0 Å². The summed E-state index contributed by atoms with van der Waals surface area (Å²) in [5.41, 5.74) is 3.09. The van der Waals surface area contributed by atoms with Crippen LogP contribution in [0.3, 0.4) is 0 Å². The molecule has 1 aromatic heterocycles. The van der Waals surface area contributed by atoms with Gasteiger partial charge in [-0.25, -0.2) is 0 Å². The lowest BCUT2D eigenvalue weighted by Crippen LogP contribution is -2.35. The molecule has 0 spiro atoms. The first-order chi connectivity index (χ1) is 12.2. The predicted octanol–water partition coefficient (Wildman–Crippen LogP) is 2.31. The SMILES string of the molecule is C=CC(=O)N(Cc1ccc(OC)nn1)CC1OCCc2ccccc21. The number of methoxy groups -OCH3 is 1. The number of fused-ring (bicyclic) bond motifs is 1. The average molecular weight is 339 g/mol. The minimum Gasteiger partial charge on any atom is -0.480 e. The number of carbonyl (C=O) groups excluding carboxylic acids is 1. The lowest BCUT2D eigenvalue weighted by molar-refractivity contribution is -0.129. The molecule has 0 saturated heterocycles. The average Bonchev–Trinajstić information content (AvgIpc) is 2.67. The van der Waals surface area contributed by atoms with Crippen LogP contribution in [-0.2, 0) is 22.5 Å². The number of rotatable bonds is 6. The van der Waals surface area contributed by atoms with Gasteiger partial charge in [-0.05, 0) is 29.7 Å². The Morgan fingerprint density at radius 3 is 2.92 bits per heavy atom. The molecule has 25 heavy (non-hydrogen) atoms. The van der Waals surface area contributed by atoms with Crippen molar-refractivity contribution >= 4 is 5.91 Å². The second-order valence-corrected chi connectivity index (χ2v) is 5.80. The molecule has 2 heterocycles. The van der Waals surface area contributed by atoms with Gasteiger partial charge in [-0.2, -0.15) is 5.10 Å². The fourth-order valence-corrected chi connectivity index (χ4v) is 2.93. The minimum absolute atomic E-state index is 0.153. The monoisotopic (exact) mass is 339 g/mol. The molecular weight excluding hydrogens is 318 g/mol. The van der Waals surface area contributed by atoms with E-state index in [-0.39, 0.29) is 12.0 Å². The Kier molecular flexibility index (Phi) is 5.40. The largest absolute Gasteiger partial charge is 0.480 e. The third-order valence-electron chi connectivity index (χ3n) is 4.22. The first kappa shape index (κ1) is 17.1. The molecule has 6 heteroatoms. The quantitative estimate of drug-likeness (QED) is 0.756. The summed E-state index contributed by atoms with van der Waals surface area (Å²) in [6.07, 6.45) is 2.05. The fourth-order valence-electron chi connectivity index (χ4n) is 2.93. The second-order valence-electron chi connectivity index (χ2n) is 5.80. The van der Waals surface area contributed by atoms with E-state index >= 15 is 0 Å². The summed E-state index contributed by atoms with van der Waals surface area (Å²) in [7, 11) is 1.54. The van der Waals surface area contributed by atoms with Crippen molar-refractivity contribution in [2.75, 3.05) is 20.3 Å². The summed E-state index contributed by atoms with van der Waals surface area (Å²) in [4.78, 5) is 14.0. The van der Waals surface area contributed by atoms with Gasteiger partial charge in [0.1, 0.15) is 6.10 Å². The molecule has 0 N–H and O–H groups in total. The molecule has 0 radical (unpaired) electrons. The number of ether oxygens (including phenoxy) is 2. The van der Waals surface area contributed by atoms with Crippen molar-refractivity contribution in [2.24, 2.45) is 0 Å². The summed E-state index contributed by atoms with van der Waals surface area (Å²) in [5.74, 6) is 0.277. The van der Waals surface area contributed by atoms with Gasteiger partial charge in [0.25, 0.3) is 0 Å². The molecule has 0 fully saturated rings. The van der Waals surface area contributed by atoms with Crippen molar-refractivity contribution in [3.63, 3.8) is 0 Å². The van der Waals surface area contributed by atoms with Crippen LogP contribution in [0.25, 0.3) is 0 Å². The van der Waals surface area contributed by atoms with Crippen LogP contribution in [0.2, 0.25) is 0 Å². The van der Waals surface area contributed by atoms with Gasteiger partial charge in [-0.1, -0.05) is 30.8 Å². The lowest BCUT2D eigenvalue weighted by Gasteiger charge is -2.31. The zero-order valence-corrected chi connectivity index (χ0v) is 14.2. The van der Waals surface area contributed by atoms with E-state index in [0.29, 0.717) is 31.3 Å². The number of hydrogen-bond donors (Lipinski definition) is 0. The number of aromatic nitrogens is 2. The van der Waals surface area contributed by atoms with Crippen LogP contribution < -0.4 is 4.74 Å². The van der Waals surface area contributed by atoms with Crippen LogP contribution in [0.5, 0.6) is 5.88 Å². The molecule has 1 unspecified atom stereocenters. The van der Waals surface area contributed by atoms with Crippen molar-refractivity contribution in [2.45, 2.75) is 19.1 Å². The van der Waals surface area contributed by atoms with Crippen molar-refractivity contribution in [1.29, 1.82) is 0 Å². The maximum Gasteiger partial charge on any atom is 0.246 e. The third-order valence-corrected chi connectivity index (χ3v) is 4.22. The Hall–Kier alpha value is -2.73. The Labute approximate surface area is 147 Å². The smallest absolute Gasteiger partial charge is 0.246 e. The highest BCUT2D eigenvalue weighted by atomic mass is 16.5. The Morgan fingerprint density at radius 2 is 2.20 bits per heavy atom. The number of hydrogen-bond acceptors (Lipinski definition) is 5. The predicted molar refractivity (Wildman–Crippen MR) is 93.0 cm³/mol. The molecule has 2 aromatic rings. The van der Waals surface area contributed by atoms with Crippen LogP contribution in [0.1, 0.15) is 22.9 Å². The molecule has 1 aliphatic heterocycles. The Balaban J connectivity index is 1.77. The number of nitrogens with zero attached hydrogens (tertiary/aromatic N) is 3. The van der Waals surface area contributed by atoms with Crippen LogP contribution in [-0.4, -0.2) is 41.3 Å². The number of carbonyl (C=O) groups is 1. The zero-order chi connectivity index (χ0) is 17.6. The molecular formula is C19H21N3O3. The molecule has 1 aliphatic rings. The van der Waals surface area contributed by atoms with Crippen molar-refractivity contribution in [3.8, 4) is 5.88 Å². The second kappa shape index (κ2) is 7.90. The Bertz CT molecular complexity index is 746. The summed E-state index contributed by atoms with van der Waals surface area (Å²) >= 11 is 0. The van der Waals surface area contributed by atoms with Gasteiger partial charge >= 0.3 is 0 Å². The molecule has 0 aliphatic carbocycles. The van der Waals surface area contributed by atoms with Crippen molar-refractivity contribution in [1.82, 2.24) is 15.1 Å². The highest BCUT2D eigenvalue weighted by Gasteiger charge is 2.25. The molecule has 3 rings (SSSR count). The van der Waals surface area contributed by atoms with E-state index < -0.39 is 0 Å². The first-order valence-electron chi connectivity index (χ1n) is 8.18. The molecule has 0 bridgehead atoms. The molecule has 6 nitrogen and oxygen atoms in total. The maximum atomic E-state index is 12.3. The van der Waals surface area contributed by atoms with Gasteiger partial charge in [-0.15, -0.1) is 5.10 Å². The molecule has 130 valence electrons. The number of benzene rings is 1. The van der Waals surface area contributed by atoms with E-state index in [0.717, 1.165) is 12.0 Å². The first-order valence-corrected chi connectivity index (χ1v) is 8.18. The topological polar surface area (TPSA) is 64.6 Å². The van der Waals surface area contributed by atoms with Crippen LogP contribution in [0, 0.1) is 0 Å². The highest BCUT2D eigenvalue weighted by Crippen LogP contribution is 2.28. The van der Waals surface area contributed by atoms with Gasteiger partial charge in [-0.3, -0.25) is 4.79 Å². The summed E-state index contributed by atoms with van der Waals surface area (Å²) < 4.78 is 10.9. The third kappa shape index (κ3) is 4.03. The molecule has 1 aromatic carbocycles. The van der Waals surface area contributed by atoms with Crippen molar-refractivity contribution in [3.05, 3.63) is 65.9 Å². The van der Waals surface area contributed by atoms with E-state index in [1.807, 2.05) is 12.1 Å². The van der Waals surface area contributed by atoms with E-state index in [1.54, 1.807) is 17.0 Å². The van der Waals surface area contributed by atoms with Gasteiger partial charge < -0.3 is 14.4 Å². The van der Waals surface area contributed by atoms with E-state index in [1.165, 1.54) is 18.7 Å². The summed E-state index contributed by atoms with van der Waals surface area (Å²) in [5, 5.41) is 8.05. The summed E-state index contributed by atoms with van der Waals surface area (Å²) in [6.45, 7) is 5.03. The number of amides is 1. The van der Waals surface area contributed by atoms with Gasteiger partial charge in [0.2, 0.25) is 11.8 Å². The zero-order valence-electron chi connectivity index (χ0n) is 14.2.